The number of sulfonamides is 1. The smallest absolute Gasteiger partial charge is 0.225 e. The molecule has 16 heavy (non-hydrogen) atoms. The van der Waals surface area contributed by atoms with Gasteiger partial charge < -0.3 is 4.90 Å². The predicted octanol–water partition coefficient (Wildman–Crippen LogP) is -0.0181. The molecule has 0 aliphatic heterocycles. The molecule has 1 aromatic heterocycles. The van der Waals surface area contributed by atoms with Crippen LogP contribution in [-0.4, -0.2) is 38.2 Å². The Morgan fingerprint density at radius 2 is 2.12 bits per heavy atom. The van der Waals surface area contributed by atoms with E-state index in [4.69, 9.17) is 0 Å². The summed E-state index contributed by atoms with van der Waals surface area (Å²) in [5.41, 5.74) is 0.649. The van der Waals surface area contributed by atoms with Crippen LogP contribution >= 0.6 is 0 Å². The van der Waals surface area contributed by atoms with E-state index in [1.165, 1.54) is 0 Å². The maximum Gasteiger partial charge on any atom is 0.225 e. The maximum absolute atomic E-state index is 11.2. The Hall–Kier alpha value is -1.21. The molecule has 0 aliphatic carbocycles. The molecule has 0 bridgehead atoms. The van der Waals surface area contributed by atoms with Gasteiger partial charge in [-0.1, -0.05) is 0 Å². The third-order valence-corrected chi connectivity index (χ3v) is 3.30. The van der Waals surface area contributed by atoms with Gasteiger partial charge in [-0.25, -0.2) is 23.1 Å². The standard InChI is InChI=1S/C9H16N4O2S/c1-4-16(14,15)11-7-8-5-6-10-9(12-8)13(2)3/h5-6,11H,4,7H2,1-3H3. The van der Waals surface area contributed by atoms with Gasteiger partial charge in [0.2, 0.25) is 16.0 Å². The molecule has 0 radical (unpaired) electrons. The van der Waals surface area contributed by atoms with E-state index in [-0.39, 0.29) is 12.3 Å². The largest absolute Gasteiger partial charge is 0.347 e. The Morgan fingerprint density at radius 3 is 2.69 bits per heavy atom. The van der Waals surface area contributed by atoms with Crippen molar-refractivity contribution in [3.63, 3.8) is 0 Å². The molecule has 1 heterocycles. The van der Waals surface area contributed by atoms with E-state index in [1.54, 1.807) is 24.1 Å². The average Bonchev–Trinajstić information content (AvgIpc) is 2.27. The molecule has 0 saturated carbocycles. The maximum atomic E-state index is 11.2. The zero-order chi connectivity index (χ0) is 12.2. The summed E-state index contributed by atoms with van der Waals surface area (Å²) >= 11 is 0. The minimum atomic E-state index is -3.17. The molecule has 1 aromatic rings. The van der Waals surface area contributed by atoms with Crippen LogP contribution in [0.2, 0.25) is 0 Å². The summed E-state index contributed by atoms with van der Waals surface area (Å²) in [6.45, 7) is 1.78. The van der Waals surface area contributed by atoms with E-state index in [0.717, 1.165) is 0 Å². The number of aromatic nitrogens is 2. The fraction of sp³-hybridized carbons (Fsp3) is 0.556. The van der Waals surface area contributed by atoms with E-state index >= 15 is 0 Å². The number of hydrogen-bond donors (Lipinski definition) is 1. The third-order valence-electron chi connectivity index (χ3n) is 1.95. The van der Waals surface area contributed by atoms with Gasteiger partial charge in [0, 0.05) is 20.3 Å². The topological polar surface area (TPSA) is 75.2 Å². The van der Waals surface area contributed by atoms with Crippen molar-refractivity contribution in [1.29, 1.82) is 0 Å². The van der Waals surface area contributed by atoms with Crippen LogP contribution in [0.25, 0.3) is 0 Å². The number of rotatable bonds is 5. The highest BCUT2D eigenvalue weighted by atomic mass is 32.2. The summed E-state index contributed by atoms with van der Waals surface area (Å²) in [5, 5.41) is 0. The summed E-state index contributed by atoms with van der Waals surface area (Å²) in [4.78, 5) is 10.0. The predicted molar refractivity (Wildman–Crippen MR) is 62.7 cm³/mol. The summed E-state index contributed by atoms with van der Waals surface area (Å²) in [5.74, 6) is 0.631. The van der Waals surface area contributed by atoms with Crippen LogP contribution in [0.4, 0.5) is 5.95 Å². The van der Waals surface area contributed by atoms with Crippen molar-refractivity contribution >= 4 is 16.0 Å². The van der Waals surface area contributed by atoms with Gasteiger partial charge in [-0.15, -0.1) is 0 Å². The van der Waals surface area contributed by atoms with Gasteiger partial charge in [0.15, 0.2) is 0 Å². The zero-order valence-electron chi connectivity index (χ0n) is 9.64. The SMILES string of the molecule is CCS(=O)(=O)NCc1ccnc(N(C)C)n1. The van der Waals surface area contributed by atoms with E-state index in [9.17, 15) is 8.42 Å². The normalized spacial score (nSPS) is 11.4. The molecule has 1 N–H and O–H groups in total. The average molecular weight is 244 g/mol. The van der Waals surface area contributed by atoms with Crippen LogP contribution in [0.3, 0.4) is 0 Å². The molecule has 0 amide bonds. The van der Waals surface area contributed by atoms with Crippen LogP contribution < -0.4 is 9.62 Å². The highest BCUT2D eigenvalue weighted by molar-refractivity contribution is 7.89. The summed E-state index contributed by atoms with van der Waals surface area (Å²) in [6.07, 6.45) is 1.61. The van der Waals surface area contributed by atoms with Crippen LogP contribution in [0.5, 0.6) is 0 Å². The van der Waals surface area contributed by atoms with Crippen molar-refractivity contribution in [2.24, 2.45) is 0 Å². The summed E-state index contributed by atoms with van der Waals surface area (Å²) in [7, 11) is 0.483. The lowest BCUT2D eigenvalue weighted by molar-refractivity contribution is 0.581. The number of anilines is 1. The van der Waals surface area contributed by atoms with E-state index < -0.39 is 10.0 Å². The van der Waals surface area contributed by atoms with Crippen molar-refractivity contribution in [1.82, 2.24) is 14.7 Å². The van der Waals surface area contributed by atoms with Gasteiger partial charge in [0.25, 0.3) is 0 Å². The van der Waals surface area contributed by atoms with Gasteiger partial charge in [0.1, 0.15) is 0 Å². The van der Waals surface area contributed by atoms with Gasteiger partial charge in [-0.3, -0.25) is 0 Å². The molecule has 0 saturated heterocycles. The molecule has 0 spiro atoms. The Balaban J connectivity index is 2.72. The zero-order valence-corrected chi connectivity index (χ0v) is 10.5. The summed E-state index contributed by atoms with van der Waals surface area (Å²) < 4.78 is 24.9. The van der Waals surface area contributed by atoms with Crippen LogP contribution in [0, 0.1) is 0 Å². The van der Waals surface area contributed by atoms with Crippen molar-refractivity contribution in [3.05, 3.63) is 18.0 Å². The first-order valence-electron chi connectivity index (χ1n) is 4.91. The second-order valence-electron chi connectivity index (χ2n) is 3.47. The lowest BCUT2D eigenvalue weighted by Gasteiger charge is -2.10. The lowest BCUT2D eigenvalue weighted by atomic mass is 10.4. The molecule has 0 aliphatic rings. The van der Waals surface area contributed by atoms with Crippen molar-refractivity contribution in [2.45, 2.75) is 13.5 Å². The van der Waals surface area contributed by atoms with Crippen LogP contribution in [-0.2, 0) is 16.6 Å². The fourth-order valence-electron chi connectivity index (χ4n) is 0.984. The highest BCUT2D eigenvalue weighted by Crippen LogP contribution is 2.03. The van der Waals surface area contributed by atoms with E-state index in [1.807, 2.05) is 14.1 Å². The number of hydrogen-bond acceptors (Lipinski definition) is 5. The molecule has 1 rings (SSSR count). The molecular formula is C9H16N4O2S. The highest BCUT2D eigenvalue weighted by Gasteiger charge is 2.07. The van der Waals surface area contributed by atoms with Crippen molar-refractivity contribution in [3.8, 4) is 0 Å². The molecule has 0 fully saturated rings. The second-order valence-corrected chi connectivity index (χ2v) is 5.56. The molecule has 0 atom stereocenters. The first-order chi connectivity index (χ1) is 7.44. The molecule has 6 nitrogen and oxygen atoms in total. The lowest BCUT2D eigenvalue weighted by Crippen LogP contribution is -2.25. The van der Waals surface area contributed by atoms with Gasteiger partial charge in [0.05, 0.1) is 18.0 Å². The molecule has 90 valence electrons. The molecule has 0 aromatic carbocycles. The van der Waals surface area contributed by atoms with Crippen molar-refractivity contribution < 1.29 is 8.42 Å². The quantitative estimate of drug-likeness (QED) is 0.788. The van der Waals surface area contributed by atoms with Gasteiger partial charge in [-0.2, -0.15) is 0 Å². The molecule has 7 heteroatoms. The Morgan fingerprint density at radius 1 is 1.44 bits per heavy atom. The third kappa shape index (κ3) is 3.74. The molecular weight excluding hydrogens is 228 g/mol. The van der Waals surface area contributed by atoms with E-state index in [0.29, 0.717) is 11.6 Å². The van der Waals surface area contributed by atoms with Gasteiger partial charge in [-0.05, 0) is 13.0 Å². The Bertz CT molecular complexity index is 445. The number of nitrogens with zero attached hydrogens (tertiary/aromatic N) is 3. The van der Waals surface area contributed by atoms with Crippen molar-refractivity contribution in [2.75, 3.05) is 24.7 Å². The van der Waals surface area contributed by atoms with Gasteiger partial charge >= 0.3 is 0 Å². The Kier molecular flexibility index (Phi) is 4.19. The Labute approximate surface area is 95.8 Å². The summed E-state index contributed by atoms with van der Waals surface area (Å²) in [6, 6.07) is 1.69. The molecule has 0 unspecified atom stereocenters. The van der Waals surface area contributed by atoms with Crippen LogP contribution in [0.15, 0.2) is 12.3 Å². The minimum Gasteiger partial charge on any atom is -0.347 e. The van der Waals surface area contributed by atoms with E-state index in [2.05, 4.69) is 14.7 Å². The first kappa shape index (κ1) is 12.9. The van der Waals surface area contributed by atoms with Crippen LogP contribution in [0.1, 0.15) is 12.6 Å². The fourth-order valence-corrected chi connectivity index (χ4v) is 1.56. The minimum absolute atomic E-state index is 0.0681. The number of nitrogens with one attached hydrogen (secondary N) is 1. The first-order valence-corrected chi connectivity index (χ1v) is 6.56. The monoisotopic (exact) mass is 244 g/mol. The second kappa shape index (κ2) is 5.22.